The molecule has 0 unspecified atom stereocenters. The summed E-state index contributed by atoms with van der Waals surface area (Å²) in [5.41, 5.74) is 1.93. The summed E-state index contributed by atoms with van der Waals surface area (Å²) in [5.74, 6) is 1.88. The number of carbonyl (C=O) groups is 1. The number of hydrogen-bond acceptors (Lipinski definition) is 7. The SMILES string of the molecule is CCn1c(SCC(=O)N(C)[C@H](C)c2nc3ccccc3s2)nnc1-c1ccc(OC)cc1. The maximum atomic E-state index is 12.9. The molecule has 7 nitrogen and oxygen atoms in total. The van der Waals surface area contributed by atoms with Gasteiger partial charge in [0.2, 0.25) is 5.91 Å². The third-order valence-corrected chi connectivity index (χ3v) is 7.51. The highest BCUT2D eigenvalue weighted by molar-refractivity contribution is 7.99. The number of nitrogens with zero attached hydrogens (tertiary/aromatic N) is 5. The number of rotatable bonds is 8. The van der Waals surface area contributed by atoms with Gasteiger partial charge in [-0.1, -0.05) is 23.9 Å². The zero-order valence-corrected chi connectivity index (χ0v) is 20.1. The highest BCUT2D eigenvalue weighted by Crippen LogP contribution is 2.30. The van der Waals surface area contributed by atoms with Crippen LogP contribution < -0.4 is 4.74 Å². The molecule has 166 valence electrons. The molecule has 1 amide bonds. The Morgan fingerprint density at radius 2 is 1.94 bits per heavy atom. The number of thioether (sulfide) groups is 1. The number of aromatic nitrogens is 4. The first kappa shape index (κ1) is 22.3. The average molecular weight is 468 g/mol. The maximum Gasteiger partial charge on any atom is 0.233 e. The van der Waals surface area contributed by atoms with Gasteiger partial charge in [-0.3, -0.25) is 4.79 Å². The van der Waals surface area contributed by atoms with Crippen LogP contribution in [0.25, 0.3) is 21.6 Å². The van der Waals surface area contributed by atoms with E-state index in [4.69, 9.17) is 9.72 Å². The van der Waals surface area contributed by atoms with Crippen molar-refractivity contribution in [3.63, 3.8) is 0 Å². The Balaban J connectivity index is 1.44. The van der Waals surface area contributed by atoms with Gasteiger partial charge >= 0.3 is 0 Å². The second-order valence-electron chi connectivity index (χ2n) is 7.27. The van der Waals surface area contributed by atoms with E-state index in [9.17, 15) is 4.79 Å². The van der Waals surface area contributed by atoms with Gasteiger partial charge in [0.15, 0.2) is 11.0 Å². The van der Waals surface area contributed by atoms with Crippen LogP contribution in [0.15, 0.2) is 53.7 Å². The van der Waals surface area contributed by atoms with Gasteiger partial charge in [0.05, 0.1) is 29.1 Å². The fraction of sp³-hybridized carbons (Fsp3) is 0.304. The van der Waals surface area contributed by atoms with E-state index < -0.39 is 0 Å². The Labute approximate surface area is 195 Å². The molecule has 2 heterocycles. The number of methoxy groups -OCH3 is 1. The topological polar surface area (TPSA) is 73.1 Å². The highest BCUT2D eigenvalue weighted by Gasteiger charge is 2.22. The smallest absolute Gasteiger partial charge is 0.233 e. The van der Waals surface area contributed by atoms with Crippen molar-refractivity contribution in [2.75, 3.05) is 19.9 Å². The van der Waals surface area contributed by atoms with E-state index in [-0.39, 0.29) is 17.7 Å². The summed E-state index contributed by atoms with van der Waals surface area (Å²) < 4.78 is 8.39. The Bertz CT molecular complexity index is 1190. The van der Waals surface area contributed by atoms with E-state index in [0.717, 1.165) is 37.5 Å². The van der Waals surface area contributed by atoms with Crippen molar-refractivity contribution in [2.45, 2.75) is 31.6 Å². The molecule has 0 bridgehead atoms. The van der Waals surface area contributed by atoms with Crippen molar-refractivity contribution >= 4 is 39.2 Å². The molecule has 0 aliphatic heterocycles. The van der Waals surface area contributed by atoms with E-state index in [1.165, 1.54) is 11.8 Å². The van der Waals surface area contributed by atoms with Crippen LogP contribution in [-0.2, 0) is 11.3 Å². The van der Waals surface area contributed by atoms with Gasteiger partial charge in [-0.05, 0) is 50.2 Å². The number of amides is 1. The summed E-state index contributed by atoms with van der Waals surface area (Å²) in [6, 6.07) is 15.7. The van der Waals surface area contributed by atoms with Crippen LogP contribution in [0.1, 0.15) is 24.9 Å². The molecule has 0 N–H and O–H groups in total. The summed E-state index contributed by atoms with van der Waals surface area (Å²) in [6.07, 6.45) is 0. The molecule has 0 aliphatic carbocycles. The maximum absolute atomic E-state index is 12.9. The number of hydrogen-bond donors (Lipinski definition) is 0. The van der Waals surface area contributed by atoms with E-state index in [2.05, 4.69) is 16.3 Å². The predicted molar refractivity (Wildman–Crippen MR) is 129 cm³/mol. The third kappa shape index (κ3) is 4.49. The first-order valence-electron chi connectivity index (χ1n) is 10.3. The zero-order valence-electron chi connectivity index (χ0n) is 18.5. The molecule has 0 saturated heterocycles. The Hall–Kier alpha value is -2.91. The summed E-state index contributed by atoms with van der Waals surface area (Å²) in [7, 11) is 3.47. The average Bonchev–Trinajstić information content (AvgIpc) is 3.45. The van der Waals surface area contributed by atoms with Crippen molar-refractivity contribution in [1.29, 1.82) is 0 Å². The second kappa shape index (κ2) is 9.70. The molecule has 9 heteroatoms. The summed E-state index contributed by atoms with van der Waals surface area (Å²) in [5, 5.41) is 10.4. The van der Waals surface area contributed by atoms with E-state index in [0.29, 0.717) is 6.54 Å². The number of thiazole rings is 1. The molecule has 2 aromatic heterocycles. The van der Waals surface area contributed by atoms with Gasteiger partial charge in [-0.2, -0.15) is 0 Å². The van der Waals surface area contributed by atoms with Crippen molar-refractivity contribution in [3.05, 3.63) is 53.5 Å². The molecule has 0 saturated carbocycles. The normalized spacial score (nSPS) is 12.1. The quantitative estimate of drug-likeness (QED) is 0.343. The van der Waals surface area contributed by atoms with Crippen molar-refractivity contribution in [2.24, 2.45) is 0 Å². The minimum absolute atomic E-state index is 0.0263. The van der Waals surface area contributed by atoms with Gasteiger partial charge in [-0.15, -0.1) is 21.5 Å². The monoisotopic (exact) mass is 467 g/mol. The fourth-order valence-electron chi connectivity index (χ4n) is 3.31. The second-order valence-corrected chi connectivity index (χ2v) is 9.27. The molecule has 4 rings (SSSR count). The van der Waals surface area contributed by atoms with Crippen molar-refractivity contribution in [3.8, 4) is 17.1 Å². The van der Waals surface area contributed by atoms with Crippen LogP contribution in [0.4, 0.5) is 0 Å². The lowest BCUT2D eigenvalue weighted by Gasteiger charge is -2.23. The Morgan fingerprint density at radius 1 is 1.19 bits per heavy atom. The first-order chi connectivity index (χ1) is 15.5. The lowest BCUT2D eigenvalue weighted by atomic mass is 10.2. The summed E-state index contributed by atoms with van der Waals surface area (Å²) >= 11 is 3.03. The fourth-order valence-corrected chi connectivity index (χ4v) is 5.30. The van der Waals surface area contributed by atoms with E-state index >= 15 is 0 Å². The molecule has 4 aromatic rings. The molecular formula is C23H25N5O2S2. The molecule has 0 aliphatic rings. The van der Waals surface area contributed by atoms with E-state index in [1.807, 2.05) is 67.9 Å². The molecule has 0 fully saturated rings. The number of ether oxygens (including phenoxy) is 1. The summed E-state index contributed by atoms with van der Waals surface area (Å²) in [4.78, 5) is 19.3. The van der Waals surface area contributed by atoms with Gasteiger partial charge in [0.25, 0.3) is 0 Å². The van der Waals surface area contributed by atoms with Gasteiger partial charge in [-0.25, -0.2) is 4.98 Å². The molecule has 2 aromatic carbocycles. The largest absolute Gasteiger partial charge is 0.497 e. The number of benzene rings is 2. The number of fused-ring (bicyclic) bond motifs is 1. The minimum Gasteiger partial charge on any atom is -0.497 e. The van der Waals surface area contributed by atoms with E-state index in [1.54, 1.807) is 23.3 Å². The lowest BCUT2D eigenvalue weighted by molar-refractivity contribution is -0.128. The van der Waals surface area contributed by atoms with Gasteiger partial charge in [0, 0.05) is 19.2 Å². The third-order valence-electron chi connectivity index (χ3n) is 5.35. The van der Waals surface area contributed by atoms with Gasteiger partial charge < -0.3 is 14.2 Å². The van der Waals surface area contributed by atoms with Crippen molar-refractivity contribution in [1.82, 2.24) is 24.6 Å². The molecule has 0 radical (unpaired) electrons. The molecule has 0 spiro atoms. The predicted octanol–water partition coefficient (Wildman–Crippen LogP) is 4.90. The molecule has 32 heavy (non-hydrogen) atoms. The summed E-state index contributed by atoms with van der Waals surface area (Å²) in [6.45, 7) is 4.77. The molecule has 1 atom stereocenters. The Morgan fingerprint density at radius 3 is 2.62 bits per heavy atom. The highest BCUT2D eigenvalue weighted by atomic mass is 32.2. The zero-order chi connectivity index (χ0) is 22.7. The van der Waals surface area contributed by atoms with Crippen molar-refractivity contribution < 1.29 is 9.53 Å². The van der Waals surface area contributed by atoms with Crippen LogP contribution in [-0.4, -0.2) is 50.5 Å². The standard InChI is InChI=1S/C23H25N5O2S2/c1-5-28-21(16-10-12-17(30-4)13-11-16)25-26-23(28)31-14-20(29)27(3)15(2)22-24-18-8-6-7-9-19(18)32-22/h6-13,15H,5,14H2,1-4H3/t15-/m1/s1. The van der Waals surface area contributed by atoms with Gasteiger partial charge in [0.1, 0.15) is 10.8 Å². The number of para-hydroxylation sites is 1. The van der Waals surface area contributed by atoms with Crippen LogP contribution in [0.5, 0.6) is 5.75 Å². The van der Waals surface area contributed by atoms with Crippen LogP contribution >= 0.6 is 23.1 Å². The number of carbonyl (C=O) groups excluding carboxylic acids is 1. The molecular weight excluding hydrogens is 442 g/mol. The Kier molecular flexibility index (Phi) is 6.76. The lowest BCUT2D eigenvalue weighted by Crippen LogP contribution is -2.31. The minimum atomic E-state index is -0.0978. The van der Waals surface area contributed by atoms with Crippen LogP contribution in [0, 0.1) is 0 Å². The van der Waals surface area contributed by atoms with Crippen LogP contribution in [0.2, 0.25) is 0 Å². The first-order valence-corrected chi connectivity index (χ1v) is 12.1. The van der Waals surface area contributed by atoms with Crippen LogP contribution in [0.3, 0.4) is 0 Å².